The van der Waals surface area contributed by atoms with Crippen molar-refractivity contribution in [3.8, 4) is 0 Å². The zero-order chi connectivity index (χ0) is 4.12. The molecule has 0 saturated carbocycles. The molecule has 1 heteroatoms. The van der Waals surface area contributed by atoms with Gasteiger partial charge in [-0.15, -0.1) is 0 Å². The zero-order valence-electron chi connectivity index (χ0n) is 3.86. The Morgan fingerprint density at radius 1 is 1.80 bits per heavy atom. The molecule has 0 aromatic rings. The summed E-state index contributed by atoms with van der Waals surface area (Å²) in [7, 11) is 0. The Hall–Kier alpha value is -0.0400. The topological polar surface area (TPSA) is 16.6 Å². The molecule has 0 saturated heterocycles. The van der Waals surface area contributed by atoms with E-state index in [4.69, 9.17) is 0 Å². The molecule has 0 amide bonds. The fourth-order valence-corrected chi connectivity index (χ4v) is 0.236. The molecule has 0 spiro atoms. The summed E-state index contributed by atoms with van der Waals surface area (Å²) in [6, 6.07) is 0. The SMILES string of the molecule is C[CH][NH2+]CC. The van der Waals surface area contributed by atoms with Crippen LogP contribution in [0.2, 0.25) is 0 Å². The number of hydrogen-bond acceptors (Lipinski definition) is 0. The predicted molar refractivity (Wildman–Crippen MR) is 22.4 cm³/mol. The van der Waals surface area contributed by atoms with Gasteiger partial charge >= 0.3 is 0 Å². The molecule has 0 aromatic carbocycles. The van der Waals surface area contributed by atoms with Gasteiger partial charge in [-0.1, -0.05) is 0 Å². The van der Waals surface area contributed by atoms with Crippen LogP contribution >= 0.6 is 0 Å². The first-order valence-corrected chi connectivity index (χ1v) is 2.03. The lowest BCUT2D eigenvalue weighted by Crippen LogP contribution is -2.79. The zero-order valence-corrected chi connectivity index (χ0v) is 3.86. The van der Waals surface area contributed by atoms with Crippen molar-refractivity contribution in [3.05, 3.63) is 6.54 Å². The Bertz CT molecular complexity index is 11.1. The second kappa shape index (κ2) is 3.96. The summed E-state index contributed by atoms with van der Waals surface area (Å²) in [4.78, 5) is 0. The van der Waals surface area contributed by atoms with E-state index in [1.165, 1.54) is 0 Å². The Kier molecular flexibility index (Phi) is 3.93. The Morgan fingerprint density at radius 3 is 2.40 bits per heavy atom. The van der Waals surface area contributed by atoms with Gasteiger partial charge in [0.1, 0.15) is 6.54 Å². The van der Waals surface area contributed by atoms with Crippen molar-refractivity contribution in [2.24, 2.45) is 0 Å². The molecule has 0 aromatic heterocycles. The van der Waals surface area contributed by atoms with Crippen LogP contribution in [0.15, 0.2) is 0 Å². The first kappa shape index (κ1) is 4.96. The fraction of sp³-hybridized carbons (Fsp3) is 0.750. The standard InChI is InChI=1S/C4H11N/c1-3-5-4-2/h3H,4-5H2,1-2H3/q+1. The Morgan fingerprint density at radius 2 is 2.40 bits per heavy atom. The van der Waals surface area contributed by atoms with Gasteiger partial charge in [0.15, 0.2) is 0 Å². The van der Waals surface area contributed by atoms with Crippen LogP contribution in [0.4, 0.5) is 0 Å². The predicted octanol–water partition coefficient (Wildman–Crippen LogP) is -0.249. The maximum absolute atomic E-state index is 2.12. The third-order valence-electron chi connectivity index (χ3n) is 0.471. The molecule has 0 rings (SSSR count). The summed E-state index contributed by atoms with van der Waals surface area (Å²) in [6.07, 6.45) is 0. The van der Waals surface area contributed by atoms with Gasteiger partial charge in [0.05, 0.1) is 6.54 Å². The van der Waals surface area contributed by atoms with Crippen molar-refractivity contribution in [2.45, 2.75) is 13.8 Å². The first-order valence-electron chi connectivity index (χ1n) is 2.03. The van der Waals surface area contributed by atoms with Crippen LogP contribution in [-0.4, -0.2) is 6.54 Å². The minimum atomic E-state index is 1.16. The highest BCUT2D eigenvalue weighted by Gasteiger charge is 1.69. The van der Waals surface area contributed by atoms with Crippen molar-refractivity contribution in [3.63, 3.8) is 0 Å². The molecular weight excluding hydrogens is 62.1 g/mol. The highest BCUT2D eigenvalue weighted by molar-refractivity contribution is 4.18. The van der Waals surface area contributed by atoms with Gasteiger partial charge < -0.3 is 5.32 Å². The van der Waals surface area contributed by atoms with Crippen LogP contribution in [-0.2, 0) is 0 Å². The largest absolute Gasteiger partial charge is 0.339 e. The third kappa shape index (κ3) is 3.96. The molecule has 31 valence electrons. The van der Waals surface area contributed by atoms with Crippen molar-refractivity contribution in [1.29, 1.82) is 0 Å². The van der Waals surface area contributed by atoms with Gasteiger partial charge in [0.25, 0.3) is 0 Å². The molecule has 1 nitrogen and oxygen atoms in total. The van der Waals surface area contributed by atoms with Gasteiger partial charge in [-0.2, -0.15) is 0 Å². The van der Waals surface area contributed by atoms with Crippen molar-refractivity contribution >= 4 is 0 Å². The second-order valence-electron chi connectivity index (χ2n) is 0.977. The molecule has 0 aliphatic heterocycles. The van der Waals surface area contributed by atoms with E-state index in [0.717, 1.165) is 6.54 Å². The number of hydrogen-bond donors (Lipinski definition) is 1. The Labute approximate surface area is 33.4 Å². The summed E-state index contributed by atoms with van der Waals surface area (Å²) in [5.74, 6) is 0. The van der Waals surface area contributed by atoms with Crippen molar-refractivity contribution < 1.29 is 5.32 Å². The summed E-state index contributed by atoms with van der Waals surface area (Å²) in [5, 5.41) is 2.12. The lowest BCUT2D eigenvalue weighted by atomic mass is 10.7. The minimum absolute atomic E-state index is 1.16. The summed E-state index contributed by atoms with van der Waals surface area (Å²) >= 11 is 0. The lowest BCUT2D eigenvalue weighted by molar-refractivity contribution is -0.611. The molecule has 0 atom stereocenters. The van der Waals surface area contributed by atoms with E-state index in [9.17, 15) is 0 Å². The minimum Gasteiger partial charge on any atom is -0.339 e. The quantitative estimate of drug-likeness (QED) is 0.464. The molecule has 0 heterocycles. The molecule has 1 radical (unpaired) electrons. The normalized spacial score (nSPS) is 8.40. The lowest BCUT2D eigenvalue weighted by Gasteiger charge is -1.81. The van der Waals surface area contributed by atoms with Crippen LogP contribution in [0.5, 0.6) is 0 Å². The molecule has 2 N–H and O–H groups in total. The molecule has 0 aliphatic rings. The van der Waals surface area contributed by atoms with Gasteiger partial charge in [-0.3, -0.25) is 0 Å². The van der Waals surface area contributed by atoms with Crippen LogP contribution in [0.3, 0.4) is 0 Å². The van der Waals surface area contributed by atoms with Crippen molar-refractivity contribution in [1.82, 2.24) is 0 Å². The molecular formula is C4H11N+. The van der Waals surface area contributed by atoms with Gasteiger partial charge in [0, 0.05) is 0 Å². The average molecular weight is 73.1 g/mol. The van der Waals surface area contributed by atoms with E-state index in [0.29, 0.717) is 0 Å². The van der Waals surface area contributed by atoms with E-state index in [1.54, 1.807) is 0 Å². The number of nitrogens with two attached hydrogens (primary N) is 1. The maximum atomic E-state index is 2.12. The second-order valence-corrected chi connectivity index (χ2v) is 0.977. The van der Waals surface area contributed by atoms with Crippen LogP contribution in [0, 0.1) is 6.54 Å². The summed E-state index contributed by atoms with van der Waals surface area (Å²) in [6.45, 7) is 7.38. The summed E-state index contributed by atoms with van der Waals surface area (Å²) < 4.78 is 0. The Balaban J connectivity index is 2.19. The van der Waals surface area contributed by atoms with Crippen LogP contribution in [0.25, 0.3) is 0 Å². The van der Waals surface area contributed by atoms with Gasteiger partial charge in [-0.05, 0) is 13.8 Å². The van der Waals surface area contributed by atoms with Gasteiger partial charge in [-0.25, -0.2) is 0 Å². The average Bonchev–Trinajstić information content (AvgIpc) is 1.41. The van der Waals surface area contributed by atoms with Crippen LogP contribution in [0.1, 0.15) is 13.8 Å². The summed E-state index contributed by atoms with van der Waals surface area (Å²) in [5.41, 5.74) is 0. The monoisotopic (exact) mass is 73.1 g/mol. The van der Waals surface area contributed by atoms with Crippen LogP contribution < -0.4 is 5.32 Å². The fourth-order valence-electron chi connectivity index (χ4n) is 0.236. The smallest absolute Gasteiger partial charge is 0.135 e. The molecule has 0 fully saturated rings. The van der Waals surface area contributed by atoms with E-state index in [2.05, 4.69) is 18.8 Å². The van der Waals surface area contributed by atoms with Gasteiger partial charge in [0.2, 0.25) is 0 Å². The molecule has 0 aliphatic carbocycles. The molecule has 5 heavy (non-hydrogen) atoms. The first-order chi connectivity index (χ1) is 2.41. The molecule has 0 bridgehead atoms. The number of quaternary nitrogens is 1. The highest BCUT2D eigenvalue weighted by atomic mass is 14.8. The van der Waals surface area contributed by atoms with E-state index < -0.39 is 0 Å². The van der Waals surface area contributed by atoms with E-state index >= 15 is 0 Å². The molecule has 0 unspecified atom stereocenters. The highest BCUT2D eigenvalue weighted by Crippen LogP contribution is 1.38. The number of rotatable bonds is 2. The third-order valence-corrected chi connectivity index (χ3v) is 0.471. The van der Waals surface area contributed by atoms with E-state index in [-0.39, 0.29) is 0 Å². The van der Waals surface area contributed by atoms with Crippen molar-refractivity contribution in [2.75, 3.05) is 6.54 Å². The maximum Gasteiger partial charge on any atom is 0.135 e. The van der Waals surface area contributed by atoms with E-state index in [1.807, 2.05) is 6.92 Å².